The molecule has 1 aliphatic heterocycles. The molecule has 19 heavy (non-hydrogen) atoms. The fraction of sp³-hybridized carbons (Fsp3) is 0.357. The maximum absolute atomic E-state index is 9.95. The minimum absolute atomic E-state index is 0.00205. The van der Waals surface area contributed by atoms with Gasteiger partial charge in [-0.05, 0) is 12.5 Å². The first-order valence-corrected chi connectivity index (χ1v) is 7.10. The van der Waals surface area contributed by atoms with Crippen molar-refractivity contribution in [3.8, 4) is 10.6 Å². The fourth-order valence-corrected chi connectivity index (χ4v) is 3.48. The lowest BCUT2D eigenvalue weighted by Gasteiger charge is -2.16. The van der Waals surface area contributed by atoms with Crippen molar-refractivity contribution < 1.29 is 10.2 Å². The third kappa shape index (κ3) is 2.30. The lowest BCUT2D eigenvalue weighted by Crippen LogP contribution is -2.26. The minimum atomic E-state index is -0.474. The van der Waals surface area contributed by atoms with Gasteiger partial charge in [0.25, 0.3) is 0 Å². The van der Waals surface area contributed by atoms with Crippen LogP contribution in [-0.2, 0) is 13.2 Å². The number of thiazole rings is 1. The predicted octanol–water partition coefficient (Wildman–Crippen LogP) is 1.75. The average molecular weight is 276 g/mol. The largest absolute Gasteiger partial charge is 0.392 e. The first kappa shape index (κ1) is 12.7. The number of aryl methyl sites for hydroxylation is 1. The Hall–Kier alpha value is -1.27. The van der Waals surface area contributed by atoms with Crippen LogP contribution >= 0.6 is 11.3 Å². The second kappa shape index (κ2) is 5.02. The smallest absolute Gasteiger partial charge is 0.124 e. The molecule has 100 valence electrons. The van der Waals surface area contributed by atoms with E-state index < -0.39 is 6.10 Å². The number of nitrogens with zero attached hydrogens (tertiary/aromatic N) is 1. The van der Waals surface area contributed by atoms with Gasteiger partial charge in [-0.3, -0.25) is 0 Å². The van der Waals surface area contributed by atoms with E-state index in [-0.39, 0.29) is 6.61 Å². The van der Waals surface area contributed by atoms with Crippen molar-refractivity contribution in [2.45, 2.75) is 26.2 Å². The number of aliphatic hydroxyl groups excluding tert-OH is 2. The molecular weight excluding hydrogens is 260 g/mol. The summed E-state index contributed by atoms with van der Waals surface area (Å²) in [5, 5.41) is 23.4. The molecule has 2 heterocycles. The molecule has 0 aliphatic carbocycles. The predicted molar refractivity (Wildman–Crippen MR) is 74.9 cm³/mol. The van der Waals surface area contributed by atoms with Gasteiger partial charge < -0.3 is 15.5 Å². The molecule has 3 rings (SSSR count). The topological polar surface area (TPSA) is 65.4 Å². The van der Waals surface area contributed by atoms with E-state index in [1.807, 2.05) is 25.1 Å². The zero-order chi connectivity index (χ0) is 13.4. The number of hydrogen-bond acceptors (Lipinski definition) is 5. The van der Waals surface area contributed by atoms with Gasteiger partial charge in [0, 0.05) is 18.7 Å². The monoisotopic (exact) mass is 276 g/mol. The molecule has 1 aromatic carbocycles. The highest BCUT2D eigenvalue weighted by Crippen LogP contribution is 2.35. The van der Waals surface area contributed by atoms with Gasteiger partial charge in [-0.1, -0.05) is 23.8 Å². The lowest BCUT2D eigenvalue weighted by molar-refractivity contribution is 0.168. The van der Waals surface area contributed by atoms with E-state index in [1.165, 1.54) is 11.3 Å². The van der Waals surface area contributed by atoms with Crippen LogP contribution in [0.2, 0.25) is 0 Å². The summed E-state index contributed by atoms with van der Waals surface area (Å²) in [7, 11) is 0. The van der Waals surface area contributed by atoms with Gasteiger partial charge in [-0.2, -0.15) is 0 Å². The molecule has 0 radical (unpaired) electrons. The molecule has 0 bridgehead atoms. The molecule has 0 saturated heterocycles. The van der Waals surface area contributed by atoms with E-state index in [2.05, 4.69) is 10.3 Å². The maximum Gasteiger partial charge on any atom is 0.124 e. The zero-order valence-electron chi connectivity index (χ0n) is 10.7. The summed E-state index contributed by atoms with van der Waals surface area (Å²) in [5.41, 5.74) is 3.88. The summed E-state index contributed by atoms with van der Waals surface area (Å²) in [6, 6.07) is 5.99. The Kier molecular flexibility index (Phi) is 3.36. The molecule has 3 N–H and O–H groups in total. The molecule has 5 heteroatoms. The van der Waals surface area contributed by atoms with Crippen molar-refractivity contribution >= 4 is 11.3 Å². The van der Waals surface area contributed by atoms with Crippen LogP contribution in [0.5, 0.6) is 0 Å². The lowest BCUT2D eigenvalue weighted by atomic mass is 10.1. The Morgan fingerprint density at radius 3 is 3.05 bits per heavy atom. The first-order valence-electron chi connectivity index (χ1n) is 6.28. The Bertz CT molecular complexity index is 609. The summed E-state index contributed by atoms with van der Waals surface area (Å²) in [4.78, 5) is 5.54. The van der Waals surface area contributed by atoms with Crippen molar-refractivity contribution in [2.24, 2.45) is 0 Å². The second-order valence-electron chi connectivity index (χ2n) is 4.80. The van der Waals surface area contributed by atoms with Crippen LogP contribution in [0.4, 0.5) is 0 Å². The zero-order valence-corrected chi connectivity index (χ0v) is 11.5. The molecule has 1 unspecified atom stereocenters. The fourth-order valence-electron chi connectivity index (χ4n) is 2.35. The highest BCUT2D eigenvalue weighted by atomic mass is 32.1. The SMILES string of the molecule is Cc1ccc(-c2nc3c(s2)C(O)CNC3)c(CO)c1. The van der Waals surface area contributed by atoms with Crippen molar-refractivity contribution in [3.63, 3.8) is 0 Å². The first-order chi connectivity index (χ1) is 9.19. The molecule has 0 spiro atoms. The molecule has 1 aromatic heterocycles. The highest BCUT2D eigenvalue weighted by Gasteiger charge is 2.23. The molecule has 2 aromatic rings. The number of aromatic nitrogens is 1. The number of hydrogen-bond donors (Lipinski definition) is 3. The summed E-state index contributed by atoms with van der Waals surface area (Å²) < 4.78 is 0. The van der Waals surface area contributed by atoms with Gasteiger partial charge in [-0.25, -0.2) is 4.98 Å². The van der Waals surface area contributed by atoms with E-state index in [0.29, 0.717) is 13.1 Å². The Morgan fingerprint density at radius 1 is 1.47 bits per heavy atom. The quantitative estimate of drug-likeness (QED) is 0.782. The van der Waals surface area contributed by atoms with Crippen molar-refractivity contribution in [2.75, 3.05) is 6.54 Å². The summed E-state index contributed by atoms with van der Waals surface area (Å²) in [6.45, 7) is 3.28. The average Bonchev–Trinajstić information content (AvgIpc) is 2.83. The molecule has 0 saturated carbocycles. The van der Waals surface area contributed by atoms with Crippen LogP contribution in [0.15, 0.2) is 18.2 Å². The van der Waals surface area contributed by atoms with Gasteiger partial charge in [-0.15, -0.1) is 11.3 Å². The maximum atomic E-state index is 9.95. The van der Waals surface area contributed by atoms with Crippen LogP contribution in [0, 0.1) is 6.92 Å². The third-order valence-electron chi connectivity index (χ3n) is 3.32. The number of benzene rings is 1. The van der Waals surface area contributed by atoms with Crippen molar-refractivity contribution in [1.82, 2.24) is 10.3 Å². The number of aliphatic hydroxyl groups is 2. The summed E-state index contributed by atoms with van der Waals surface area (Å²) >= 11 is 1.52. The van der Waals surface area contributed by atoms with Crippen LogP contribution in [0.25, 0.3) is 10.6 Å². The van der Waals surface area contributed by atoms with E-state index in [0.717, 1.165) is 32.3 Å². The second-order valence-corrected chi connectivity index (χ2v) is 5.83. The van der Waals surface area contributed by atoms with Crippen LogP contribution < -0.4 is 5.32 Å². The standard InChI is InChI=1S/C14H16N2O2S/c1-8-2-3-10(9(4-8)7-17)14-16-11-5-15-6-12(18)13(11)19-14/h2-4,12,15,17-18H,5-7H2,1H3. The Balaban J connectivity index is 2.08. The van der Waals surface area contributed by atoms with Gasteiger partial charge in [0.15, 0.2) is 0 Å². The van der Waals surface area contributed by atoms with Crippen LogP contribution in [0.3, 0.4) is 0 Å². The minimum Gasteiger partial charge on any atom is -0.392 e. The van der Waals surface area contributed by atoms with Crippen molar-refractivity contribution in [3.05, 3.63) is 39.9 Å². The molecule has 0 amide bonds. The molecular formula is C14H16N2O2S. The van der Waals surface area contributed by atoms with Gasteiger partial charge in [0.2, 0.25) is 0 Å². The summed E-state index contributed by atoms with van der Waals surface area (Å²) in [6.07, 6.45) is -0.474. The van der Waals surface area contributed by atoms with E-state index in [4.69, 9.17) is 0 Å². The van der Waals surface area contributed by atoms with E-state index in [9.17, 15) is 10.2 Å². The Morgan fingerprint density at radius 2 is 2.32 bits per heavy atom. The molecule has 1 aliphatic rings. The van der Waals surface area contributed by atoms with Gasteiger partial charge >= 0.3 is 0 Å². The number of β-amino-alcohol motifs (C(OH)–C–C–N with tert-alkyl or cyclic N) is 1. The highest BCUT2D eigenvalue weighted by molar-refractivity contribution is 7.15. The van der Waals surface area contributed by atoms with Gasteiger partial charge in [0.1, 0.15) is 11.1 Å². The number of nitrogens with one attached hydrogen (secondary N) is 1. The molecule has 0 fully saturated rings. The van der Waals surface area contributed by atoms with Crippen LogP contribution in [0.1, 0.15) is 27.8 Å². The molecule has 4 nitrogen and oxygen atoms in total. The number of rotatable bonds is 2. The number of fused-ring (bicyclic) bond motifs is 1. The summed E-state index contributed by atoms with van der Waals surface area (Å²) in [5.74, 6) is 0. The third-order valence-corrected chi connectivity index (χ3v) is 4.55. The molecule has 1 atom stereocenters. The van der Waals surface area contributed by atoms with E-state index in [1.54, 1.807) is 0 Å². The van der Waals surface area contributed by atoms with Gasteiger partial charge in [0.05, 0.1) is 17.2 Å². The van der Waals surface area contributed by atoms with E-state index >= 15 is 0 Å². The normalized spacial score (nSPS) is 18.4. The van der Waals surface area contributed by atoms with Crippen LogP contribution in [-0.4, -0.2) is 21.7 Å². The van der Waals surface area contributed by atoms with Crippen molar-refractivity contribution in [1.29, 1.82) is 0 Å². The Labute approximate surface area is 115 Å².